The molecule has 220 valence electrons. The second-order valence-corrected chi connectivity index (χ2v) is 10.4. The Morgan fingerprint density at radius 3 is 2.36 bits per heavy atom. The predicted molar refractivity (Wildman–Crippen MR) is 160 cm³/mol. The number of carboxylic acid groups (broad SMARTS) is 2. The fourth-order valence-electron chi connectivity index (χ4n) is 4.75. The molecule has 3 aromatic carbocycles. The molecular weight excluding hydrogens is 586 g/mol. The molecule has 2 heterocycles. The summed E-state index contributed by atoms with van der Waals surface area (Å²) in [4.78, 5) is 36.2. The highest BCUT2D eigenvalue weighted by molar-refractivity contribution is 6.39. The monoisotopic (exact) mass is 614 g/mol. The van der Waals surface area contributed by atoms with Crippen molar-refractivity contribution in [3.05, 3.63) is 98.0 Å². The largest absolute Gasteiger partial charge is 0.550 e. The molecule has 12 heteroatoms. The van der Waals surface area contributed by atoms with Gasteiger partial charge in [-0.25, -0.2) is 9.18 Å². The van der Waals surface area contributed by atoms with E-state index in [0.29, 0.717) is 44.7 Å². The smallest absolute Gasteiger partial charge is 0.341 e. The number of aromatic nitrogens is 1. The lowest BCUT2D eigenvalue weighted by molar-refractivity contribution is -0.655. The molecule has 0 atom stereocenters. The number of quaternary nitrogens is 1. The first-order valence-electron chi connectivity index (χ1n) is 13.3. The molecule has 1 aliphatic rings. The number of benzene rings is 3. The van der Waals surface area contributed by atoms with Gasteiger partial charge < -0.3 is 35.1 Å². The Hall–Kier alpha value is -4.12. The summed E-state index contributed by atoms with van der Waals surface area (Å²) in [7, 11) is 0. The number of pyridine rings is 1. The van der Waals surface area contributed by atoms with E-state index in [1.807, 2.05) is 11.8 Å². The van der Waals surface area contributed by atoms with Crippen molar-refractivity contribution in [2.45, 2.75) is 19.9 Å². The van der Waals surface area contributed by atoms with E-state index in [-0.39, 0.29) is 17.4 Å². The molecule has 1 aromatic heterocycles. The summed E-state index contributed by atoms with van der Waals surface area (Å²) in [6.45, 7) is 5.63. The third-order valence-electron chi connectivity index (χ3n) is 6.84. The van der Waals surface area contributed by atoms with Gasteiger partial charge in [-0.2, -0.15) is 0 Å². The SMILES string of the molecule is CCn1cc(C(=O)O)c(=O)c2cc(F)c(N3CC[NH2+]CC3)cc21.O=C([O-])Cc1ccccc1Nc1c(Cl)cccc1Cl. The first-order chi connectivity index (χ1) is 20.1. The lowest BCUT2D eigenvalue weighted by atomic mass is 10.1. The number of carboxylic acids is 2. The van der Waals surface area contributed by atoms with Crippen LogP contribution in [0, 0.1) is 5.82 Å². The standard InChI is InChI=1S/C16H18FN3O3.C14H11Cl2NO2/c1-2-19-9-11(16(22)23)15(21)10-7-12(17)14(8-13(10)19)20-5-3-18-4-6-20;15-10-5-3-6-11(16)14(10)17-12-7-2-1-4-9(12)8-13(18)19/h7-9,18H,2-6H2,1H3,(H,22,23);1-7,17H,8H2,(H,18,19). The maximum absolute atomic E-state index is 14.5. The van der Waals surface area contributed by atoms with E-state index in [1.165, 1.54) is 12.3 Å². The van der Waals surface area contributed by atoms with Crippen LogP contribution in [0.4, 0.5) is 21.5 Å². The summed E-state index contributed by atoms with van der Waals surface area (Å²) in [5, 5.41) is 26.2. The van der Waals surface area contributed by atoms with Crippen LogP contribution in [-0.2, 0) is 17.8 Å². The number of piperazine rings is 1. The second-order valence-electron chi connectivity index (χ2n) is 9.56. The van der Waals surface area contributed by atoms with Gasteiger partial charge in [0.15, 0.2) is 0 Å². The number of nitrogens with one attached hydrogen (secondary N) is 1. The first kappa shape index (κ1) is 30.8. The zero-order valence-electron chi connectivity index (χ0n) is 22.7. The summed E-state index contributed by atoms with van der Waals surface area (Å²) in [6.07, 6.45) is 1.16. The molecule has 4 N–H and O–H groups in total. The average molecular weight is 615 g/mol. The molecule has 0 radical (unpaired) electrons. The number of nitrogens with zero attached hydrogens (tertiary/aromatic N) is 2. The minimum Gasteiger partial charge on any atom is -0.550 e. The molecule has 0 bridgehead atoms. The molecule has 4 aromatic rings. The van der Waals surface area contributed by atoms with Gasteiger partial charge in [0.2, 0.25) is 5.43 Å². The number of anilines is 3. The Labute approximate surface area is 251 Å². The van der Waals surface area contributed by atoms with Gasteiger partial charge in [0, 0.05) is 36.2 Å². The molecule has 0 spiro atoms. The molecule has 5 rings (SSSR count). The Kier molecular flexibility index (Phi) is 10.1. The minimum absolute atomic E-state index is 0.108. The number of aromatic carboxylic acids is 1. The average Bonchev–Trinajstić information content (AvgIpc) is 2.96. The van der Waals surface area contributed by atoms with E-state index in [9.17, 15) is 23.9 Å². The normalized spacial score (nSPS) is 12.9. The van der Waals surface area contributed by atoms with Crippen molar-refractivity contribution in [3.63, 3.8) is 0 Å². The highest BCUT2D eigenvalue weighted by atomic mass is 35.5. The molecule has 0 amide bonds. The molecule has 1 aliphatic heterocycles. The number of carbonyl (C=O) groups is 2. The summed E-state index contributed by atoms with van der Waals surface area (Å²) < 4.78 is 16.2. The van der Waals surface area contributed by atoms with Gasteiger partial charge in [0.25, 0.3) is 0 Å². The molecule has 0 saturated carbocycles. The van der Waals surface area contributed by atoms with Gasteiger partial charge in [-0.1, -0.05) is 47.5 Å². The van der Waals surface area contributed by atoms with Gasteiger partial charge in [0.05, 0.1) is 53.1 Å². The molecular formula is C30H29Cl2FN4O5. The van der Waals surface area contributed by atoms with Crippen molar-refractivity contribution in [1.82, 2.24) is 4.57 Å². The maximum Gasteiger partial charge on any atom is 0.341 e. The van der Waals surface area contributed by atoms with Gasteiger partial charge in [-0.15, -0.1) is 0 Å². The van der Waals surface area contributed by atoms with Crippen LogP contribution in [-0.4, -0.2) is 47.8 Å². The van der Waals surface area contributed by atoms with Gasteiger partial charge in [-0.05, 0) is 42.8 Å². The predicted octanol–water partition coefficient (Wildman–Crippen LogP) is 3.27. The highest BCUT2D eigenvalue weighted by Crippen LogP contribution is 2.33. The van der Waals surface area contributed by atoms with Gasteiger partial charge in [-0.3, -0.25) is 4.79 Å². The Morgan fingerprint density at radius 2 is 1.74 bits per heavy atom. The number of hydrogen-bond donors (Lipinski definition) is 3. The number of nitrogens with two attached hydrogens (primary N) is 1. The van der Waals surface area contributed by atoms with Crippen molar-refractivity contribution >= 4 is 63.1 Å². The Balaban J connectivity index is 0.000000197. The van der Waals surface area contributed by atoms with Crippen LogP contribution >= 0.6 is 23.2 Å². The van der Waals surface area contributed by atoms with Crippen LogP contribution < -0.4 is 26.1 Å². The second kappa shape index (κ2) is 13.7. The van der Waals surface area contributed by atoms with Crippen LogP contribution in [0.3, 0.4) is 0 Å². The highest BCUT2D eigenvalue weighted by Gasteiger charge is 2.21. The van der Waals surface area contributed by atoms with E-state index in [0.717, 1.165) is 26.2 Å². The molecule has 1 fully saturated rings. The maximum atomic E-state index is 14.5. The first-order valence-corrected chi connectivity index (χ1v) is 14.0. The van der Waals surface area contributed by atoms with Gasteiger partial charge >= 0.3 is 5.97 Å². The number of hydrogen-bond acceptors (Lipinski definition) is 6. The van der Waals surface area contributed by atoms with Crippen molar-refractivity contribution in [2.75, 3.05) is 36.4 Å². The lowest BCUT2D eigenvalue weighted by Crippen LogP contribution is -2.89. The van der Waals surface area contributed by atoms with Crippen molar-refractivity contribution < 1.29 is 29.5 Å². The van der Waals surface area contributed by atoms with Crippen LogP contribution in [0.5, 0.6) is 0 Å². The molecule has 1 saturated heterocycles. The van der Waals surface area contributed by atoms with Crippen molar-refractivity contribution in [3.8, 4) is 0 Å². The van der Waals surface area contributed by atoms with Gasteiger partial charge in [0.1, 0.15) is 11.4 Å². The molecule has 0 unspecified atom stereocenters. The third kappa shape index (κ3) is 7.02. The summed E-state index contributed by atoms with van der Waals surface area (Å²) in [5.74, 6) is -2.92. The van der Waals surface area contributed by atoms with E-state index < -0.39 is 23.2 Å². The van der Waals surface area contributed by atoms with Crippen molar-refractivity contribution in [1.29, 1.82) is 0 Å². The zero-order chi connectivity index (χ0) is 30.4. The Bertz CT molecular complexity index is 1670. The molecule has 0 aliphatic carbocycles. The minimum atomic E-state index is -1.30. The lowest BCUT2D eigenvalue weighted by Gasteiger charge is -2.28. The summed E-state index contributed by atoms with van der Waals surface area (Å²) in [6, 6.07) is 15.0. The quantitative estimate of drug-likeness (QED) is 0.291. The van der Waals surface area contributed by atoms with E-state index >= 15 is 0 Å². The zero-order valence-corrected chi connectivity index (χ0v) is 24.2. The van der Waals surface area contributed by atoms with Crippen molar-refractivity contribution in [2.24, 2.45) is 0 Å². The summed E-state index contributed by atoms with van der Waals surface area (Å²) >= 11 is 12.1. The van der Waals surface area contributed by atoms with E-state index in [4.69, 9.17) is 28.3 Å². The number of rotatable bonds is 7. The number of para-hydroxylation sites is 2. The third-order valence-corrected chi connectivity index (χ3v) is 7.47. The van der Waals surface area contributed by atoms with Crippen LogP contribution in [0.15, 0.2) is 65.6 Å². The fraction of sp³-hybridized carbons (Fsp3) is 0.233. The summed E-state index contributed by atoms with van der Waals surface area (Å²) in [5.41, 5.74) is 1.86. The van der Waals surface area contributed by atoms with E-state index in [2.05, 4.69) is 10.6 Å². The Morgan fingerprint density at radius 1 is 1.07 bits per heavy atom. The number of fused-ring (bicyclic) bond motifs is 1. The van der Waals surface area contributed by atoms with Crippen LogP contribution in [0.2, 0.25) is 10.0 Å². The fourth-order valence-corrected chi connectivity index (χ4v) is 5.24. The number of aliphatic carboxylic acids is 1. The topological polar surface area (TPSA) is 131 Å². The number of halogens is 3. The number of aryl methyl sites for hydroxylation is 1. The number of carbonyl (C=O) groups excluding carboxylic acids is 1. The van der Waals surface area contributed by atoms with Crippen LogP contribution in [0.25, 0.3) is 10.9 Å². The molecule has 42 heavy (non-hydrogen) atoms. The van der Waals surface area contributed by atoms with Crippen LogP contribution in [0.1, 0.15) is 22.8 Å². The van der Waals surface area contributed by atoms with E-state index in [1.54, 1.807) is 53.1 Å². The molecule has 9 nitrogen and oxygen atoms in total.